The molecule has 2 saturated heterocycles. The van der Waals surface area contributed by atoms with Crippen molar-refractivity contribution in [2.75, 3.05) is 17.3 Å². The van der Waals surface area contributed by atoms with Gasteiger partial charge in [-0.1, -0.05) is 0 Å². The van der Waals surface area contributed by atoms with Gasteiger partial charge >= 0.3 is 0 Å². The first kappa shape index (κ1) is 7.35. The molecule has 0 aromatic carbocycles. The summed E-state index contributed by atoms with van der Waals surface area (Å²) in [7, 11) is 0. The van der Waals surface area contributed by atoms with E-state index >= 15 is 0 Å². The van der Waals surface area contributed by atoms with Crippen LogP contribution >= 0.6 is 23.5 Å². The van der Waals surface area contributed by atoms with Gasteiger partial charge in [-0.3, -0.25) is 0 Å². The van der Waals surface area contributed by atoms with Gasteiger partial charge in [0, 0.05) is 5.25 Å². The summed E-state index contributed by atoms with van der Waals surface area (Å²) >= 11 is 4.28. The van der Waals surface area contributed by atoms with Crippen molar-refractivity contribution < 1.29 is 0 Å². The zero-order valence-corrected chi connectivity index (χ0v) is 7.77. The van der Waals surface area contributed by atoms with Gasteiger partial charge in [0.1, 0.15) is 0 Å². The summed E-state index contributed by atoms with van der Waals surface area (Å²) in [6.07, 6.45) is 4.34. The molecule has 0 nitrogen and oxygen atoms in total. The van der Waals surface area contributed by atoms with E-state index in [9.17, 15) is 0 Å². The SMILES string of the molecule is C1CS[C](C2CCSC2)C1. The van der Waals surface area contributed by atoms with Crippen LogP contribution in [0.4, 0.5) is 0 Å². The number of rotatable bonds is 1. The van der Waals surface area contributed by atoms with Gasteiger partial charge in [-0.25, -0.2) is 0 Å². The fraction of sp³-hybridized carbons (Fsp3) is 0.875. The Kier molecular flexibility index (Phi) is 2.50. The topological polar surface area (TPSA) is 0 Å². The summed E-state index contributed by atoms with van der Waals surface area (Å²) in [5.74, 6) is 5.23. The third kappa shape index (κ3) is 1.48. The highest BCUT2D eigenvalue weighted by Crippen LogP contribution is 2.44. The second kappa shape index (κ2) is 3.40. The van der Waals surface area contributed by atoms with Crippen molar-refractivity contribution in [3.8, 4) is 0 Å². The molecule has 0 aliphatic carbocycles. The van der Waals surface area contributed by atoms with Crippen molar-refractivity contribution in [2.24, 2.45) is 5.92 Å². The monoisotopic (exact) mass is 173 g/mol. The first-order valence-electron chi connectivity index (χ1n) is 4.03. The number of hydrogen-bond acceptors (Lipinski definition) is 2. The van der Waals surface area contributed by atoms with Crippen molar-refractivity contribution >= 4 is 23.5 Å². The quantitative estimate of drug-likeness (QED) is 0.598. The molecule has 0 bridgehead atoms. The highest BCUT2D eigenvalue weighted by Gasteiger charge is 2.28. The lowest BCUT2D eigenvalue weighted by atomic mass is 10.0. The first-order valence-corrected chi connectivity index (χ1v) is 6.17. The van der Waals surface area contributed by atoms with Gasteiger partial charge in [0.25, 0.3) is 0 Å². The molecule has 0 spiro atoms. The van der Waals surface area contributed by atoms with Crippen molar-refractivity contribution in [1.29, 1.82) is 0 Å². The van der Waals surface area contributed by atoms with Crippen LogP contribution in [0.15, 0.2) is 0 Å². The lowest BCUT2D eigenvalue weighted by molar-refractivity contribution is 0.637. The van der Waals surface area contributed by atoms with Crippen molar-refractivity contribution in [2.45, 2.75) is 19.3 Å². The van der Waals surface area contributed by atoms with Gasteiger partial charge in [0.15, 0.2) is 0 Å². The molecule has 1 atom stereocenters. The lowest BCUT2D eigenvalue weighted by Crippen LogP contribution is -2.04. The first-order chi connectivity index (χ1) is 4.97. The Hall–Kier alpha value is 0.700. The van der Waals surface area contributed by atoms with Gasteiger partial charge in [-0.2, -0.15) is 23.5 Å². The maximum absolute atomic E-state index is 2.14. The highest BCUT2D eigenvalue weighted by molar-refractivity contribution is 8.02. The molecule has 1 unspecified atom stereocenters. The molecule has 0 N–H and O–H groups in total. The molecule has 2 heteroatoms. The van der Waals surface area contributed by atoms with E-state index in [1.807, 2.05) is 5.25 Å². The van der Waals surface area contributed by atoms with Gasteiger partial charge in [0.05, 0.1) is 0 Å². The third-order valence-corrected chi connectivity index (χ3v) is 4.80. The van der Waals surface area contributed by atoms with Crippen LogP contribution in [0.3, 0.4) is 0 Å². The third-order valence-electron chi connectivity index (χ3n) is 2.24. The Bertz CT molecular complexity index is 87.8. The molecule has 0 aromatic rings. The van der Waals surface area contributed by atoms with Crippen LogP contribution in [0.5, 0.6) is 0 Å². The van der Waals surface area contributed by atoms with Crippen molar-refractivity contribution in [3.05, 3.63) is 5.25 Å². The second-order valence-corrected chi connectivity index (χ2v) is 5.35. The van der Waals surface area contributed by atoms with Gasteiger partial charge in [0.2, 0.25) is 0 Å². The van der Waals surface area contributed by atoms with Crippen LogP contribution in [0, 0.1) is 11.2 Å². The second-order valence-electron chi connectivity index (χ2n) is 2.98. The molecule has 1 radical (unpaired) electrons. The van der Waals surface area contributed by atoms with E-state index in [4.69, 9.17) is 0 Å². The summed E-state index contributed by atoms with van der Waals surface area (Å²) in [5, 5.41) is 1.82. The van der Waals surface area contributed by atoms with Crippen molar-refractivity contribution in [1.82, 2.24) is 0 Å². The molecule has 2 aliphatic rings. The predicted octanol–water partition coefficient (Wildman–Crippen LogP) is 2.80. The van der Waals surface area contributed by atoms with E-state index in [-0.39, 0.29) is 0 Å². The molecule has 2 rings (SSSR count). The zero-order valence-electron chi connectivity index (χ0n) is 6.14. The maximum atomic E-state index is 2.14. The van der Waals surface area contributed by atoms with Gasteiger partial charge in [-0.05, 0) is 42.4 Å². The van der Waals surface area contributed by atoms with Crippen LogP contribution < -0.4 is 0 Å². The highest BCUT2D eigenvalue weighted by atomic mass is 32.2. The van der Waals surface area contributed by atoms with E-state index in [0.717, 1.165) is 5.92 Å². The number of thioether (sulfide) groups is 2. The van der Waals surface area contributed by atoms with E-state index in [1.54, 1.807) is 0 Å². The zero-order chi connectivity index (χ0) is 6.81. The average molecular weight is 173 g/mol. The predicted molar refractivity (Wildman–Crippen MR) is 50.4 cm³/mol. The molecule has 57 valence electrons. The Morgan fingerprint density at radius 1 is 1.30 bits per heavy atom. The smallest absolute Gasteiger partial charge is 0.0346 e. The normalized spacial score (nSPS) is 35.4. The van der Waals surface area contributed by atoms with Crippen LogP contribution in [-0.4, -0.2) is 17.3 Å². The van der Waals surface area contributed by atoms with E-state index in [0.29, 0.717) is 0 Å². The van der Waals surface area contributed by atoms with Gasteiger partial charge in [-0.15, -0.1) is 0 Å². The summed E-state index contributed by atoms with van der Waals surface area (Å²) in [6, 6.07) is 0. The molecule has 0 saturated carbocycles. The molecule has 2 fully saturated rings. The van der Waals surface area contributed by atoms with Crippen LogP contribution in [-0.2, 0) is 0 Å². The van der Waals surface area contributed by atoms with Crippen LogP contribution in [0.2, 0.25) is 0 Å². The maximum Gasteiger partial charge on any atom is 0.0346 e. The summed E-state index contributed by atoms with van der Waals surface area (Å²) in [5.41, 5.74) is 0. The Labute approximate surface area is 71.5 Å². The minimum Gasteiger partial charge on any atom is -0.162 e. The Balaban J connectivity index is 1.85. The Morgan fingerprint density at radius 2 is 2.30 bits per heavy atom. The largest absolute Gasteiger partial charge is 0.162 e. The molecule has 2 heterocycles. The van der Waals surface area contributed by atoms with Crippen LogP contribution in [0.1, 0.15) is 19.3 Å². The van der Waals surface area contributed by atoms with E-state index in [2.05, 4.69) is 23.5 Å². The summed E-state index contributed by atoms with van der Waals surface area (Å²) < 4.78 is 0. The molecule has 10 heavy (non-hydrogen) atoms. The van der Waals surface area contributed by atoms with Crippen molar-refractivity contribution in [3.63, 3.8) is 0 Å². The molecular formula is C8H13S2. The number of hydrogen-bond donors (Lipinski definition) is 0. The standard InChI is InChI=1S/C8H13S2/c1-2-8(10-4-1)7-3-5-9-6-7/h7H,1-6H2. The fourth-order valence-electron chi connectivity index (χ4n) is 1.63. The summed E-state index contributed by atoms with van der Waals surface area (Å²) in [4.78, 5) is 0. The van der Waals surface area contributed by atoms with E-state index < -0.39 is 0 Å². The lowest BCUT2D eigenvalue weighted by Gasteiger charge is -2.13. The molecule has 2 aliphatic heterocycles. The minimum atomic E-state index is 0.998. The van der Waals surface area contributed by atoms with Gasteiger partial charge < -0.3 is 0 Å². The molecule has 0 amide bonds. The summed E-state index contributed by atoms with van der Waals surface area (Å²) in [6.45, 7) is 0. The molecular weight excluding hydrogens is 160 g/mol. The minimum absolute atomic E-state index is 0.998. The van der Waals surface area contributed by atoms with Crippen LogP contribution in [0.25, 0.3) is 0 Å². The average Bonchev–Trinajstić information content (AvgIpc) is 2.59. The molecule has 0 aromatic heterocycles. The fourth-order valence-corrected chi connectivity index (χ4v) is 4.28. The Morgan fingerprint density at radius 3 is 2.90 bits per heavy atom. The van der Waals surface area contributed by atoms with E-state index in [1.165, 1.54) is 36.5 Å².